The van der Waals surface area contributed by atoms with Crippen LogP contribution < -0.4 is 5.32 Å². The number of rotatable bonds is 58. The van der Waals surface area contributed by atoms with Crippen LogP contribution in [0.5, 0.6) is 0 Å². The van der Waals surface area contributed by atoms with E-state index in [1.54, 1.807) is 6.08 Å². The molecule has 3 saturated heterocycles. The Kier molecular flexibility index (Phi) is 53.8. The maximum absolute atomic E-state index is 13.5. The van der Waals surface area contributed by atoms with Crippen LogP contribution in [-0.2, 0) is 33.2 Å². The van der Waals surface area contributed by atoms with Crippen LogP contribution in [-0.4, -0.2) is 193 Å². The lowest BCUT2D eigenvalue weighted by atomic mass is 9.96. The highest BCUT2D eigenvalue weighted by Crippen LogP contribution is 2.33. The molecule has 19 nitrogen and oxygen atoms in total. The van der Waals surface area contributed by atoms with Crippen LogP contribution in [0.1, 0.15) is 245 Å². The van der Waals surface area contributed by atoms with Gasteiger partial charge in [0.1, 0.15) is 73.2 Å². The quantitative estimate of drug-likeness (QED) is 0.0199. The van der Waals surface area contributed by atoms with Crippen LogP contribution in [0, 0.1) is 0 Å². The number of allylic oxidation sites excluding steroid dienone is 19. The topological polar surface area (TPSA) is 307 Å². The zero-order chi connectivity index (χ0) is 71.8. The van der Waals surface area contributed by atoms with Crippen LogP contribution in [0.4, 0.5) is 0 Å². The largest absolute Gasteiger partial charge is 0.394 e. The second kappa shape index (κ2) is 59.6. The van der Waals surface area contributed by atoms with Crippen molar-refractivity contribution < 1.29 is 89.4 Å². The summed E-state index contributed by atoms with van der Waals surface area (Å²) in [5.74, 6) is -0.305. The van der Waals surface area contributed by atoms with E-state index in [0.29, 0.717) is 12.8 Å². The van der Waals surface area contributed by atoms with E-state index in [0.717, 1.165) is 116 Å². The number of hydrogen-bond donors (Lipinski definition) is 12. The third-order valence-corrected chi connectivity index (χ3v) is 18.2. The second-order valence-corrected chi connectivity index (χ2v) is 26.7. The fourth-order valence-corrected chi connectivity index (χ4v) is 12.1. The predicted molar refractivity (Wildman–Crippen MR) is 392 cm³/mol. The Hall–Kier alpha value is -3.81. The van der Waals surface area contributed by atoms with E-state index in [2.05, 4.69) is 129 Å². The first-order chi connectivity index (χ1) is 48.3. The fourth-order valence-electron chi connectivity index (χ4n) is 12.1. The summed E-state index contributed by atoms with van der Waals surface area (Å²) in [6.45, 7) is 1.59. The molecule has 3 fully saturated rings. The zero-order valence-electron chi connectivity index (χ0n) is 60.4. The molecule has 0 aromatic heterocycles. The molecule has 19 heteroatoms. The van der Waals surface area contributed by atoms with Gasteiger partial charge < -0.3 is 89.9 Å². The van der Waals surface area contributed by atoms with E-state index in [1.807, 2.05) is 6.08 Å². The summed E-state index contributed by atoms with van der Waals surface area (Å²) in [6, 6.07) is -1.01. The van der Waals surface area contributed by atoms with Crippen molar-refractivity contribution in [3.63, 3.8) is 0 Å². The van der Waals surface area contributed by atoms with Gasteiger partial charge in [-0.3, -0.25) is 4.79 Å². The van der Waals surface area contributed by atoms with Gasteiger partial charge in [-0.2, -0.15) is 0 Å². The molecule has 3 rings (SSSR count). The summed E-state index contributed by atoms with van der Waals surface area (Å²) < 4.78 is 34.4. The van der Waals surface area contributed by atoms with Gasteiger partial charge in [0.2, 0.25) is 5.91 Å². The minimum atomic E-state index is -1.99. The second-order valence-electron chi connectivity index (χ2n) is 26.7. The van der Waals surface area contributed by atoms with Gasteiger partial charge in [0.15, 0.2) is 18.9 Å². The van der Waals surface area contributed by atoms with Crippen molar-refractivity contribution in [2.75, 3.05) is 26.4 Å². The molecule has 0 aliphatic carbocycles. The molecule has 3 aliphatic heterocycles. The molecule has 1 amide bonds. The van der Waals surface area contributed by atoms with Crippen LogP contribution in [0.15, 0.2) is 122 Å². The van der Waals surface area contributed by atoms with Gasteiger partial charge in [-0.25, -0.2) is 0 Å². The van der Waals surface area contributed by atoms with Crippen LogP contribution in [0.2, 0.25) is 0 Å². The Morgan fingerprint density at radius 2 is 0.707 bits per heavy atom. The number of ether oxygens (including phenoxy) is 6. The molecule has 0 aromatic rings. The van der Waals surface area contributed by atoms with Crippen LogP contribution in [0.3, 0.4) is 0 Å². The third-order valence-electron chi connectivity index (χ3n) is 18.2. The molecule has 0 bridgehead atoms. The number of carbonyl (C=O) groups is 1. The molecular weight excluding hydrogens is 1260 g/mol. The van der Waals surface area contributed by atoms with E-state index in [-0.39, 0.29) is 18.9 Å². The van der Waals surface area contributed by atoms with Crippen molar-refractivity contribution in [3.8, 4) is 0 Å². The highest BCUT2D eigenvalue weighted by Gasteiger charge is 2.53. The van der Waals surface area contributed by atoms with Crippen LogP contribution in [0.25, 0.3) is 0 Å². The number of nitrogens with one attached hydrogen (secondary N) is 1. The van der Waals surface area contributed by atoms with Crippen molar-refractivity contribution >= 4 is 5.91 Å². The molecule has 99 heavy (non-hydrogen) atoms. The molecular formula is C80H135NO18. The lowest BCUT2D eigenvalue weighted by Crippen LogP contribution is -2.66. The van der Waals surface area contributed by atoms with Crippen LogP contribution >= 0.6 is 0 Å². The van der Waals surface area contributed by atoms with Gasteiger partial charge in [0, 0.05) is 6.42 Å². The Labute approximate surface area is 595 Å². The van der Waals surface area contributed by atoms with E-state index in [4.69, 9.17) is 28.4 Å². The van der Waals surface area contributed by atoms with Gasteiger partial charge in [0.25, 0.3) is 0 Å². The number of unbranched alkanes of at least 4 members (excludes halogenated alkanes) is 24. The molecule has 12 N–H and O–H groups in total. The maximum Gasteiger partial charge on any atom is 0.220 e. The Morgan fingerprint density at radius 1 is 0.374 bits per heavy atom. The van der Waals surface area contributed by atoms with Gasteiger partial charge in [-0.1, -0.05) is 257 Å². The van der Waals surface area contributed by atoms with E-state index >= 15 is 0 Å². The van der Waals surface area contributed by atoms with Crippen molar-refractivity contribution in [1.29, 1.82) is 0 Å². The molecule has 17 atom stereocenters. The molecule has 0 radical (unpaired) electrons. The molecule has 3 heterocycles. The normalized spacial score (nSPS) is 27.3. The molecule has 0 spiro atoms. The van der Waals surface area contributed by atoms with Crippen molar-refractivity contribution in [3.05, 3.63) is 122 Å². The Balaban J connectivity index is 1.43. The minimum Gasteiger partial charge on any atom is -0.394 e. The first-order valence-electron chi connectivity index (χ1n) is 38.3. The molecule has 568 valence electrons. The van der Waals surface area contributed by atoms with Gasteiger partial charge in [-0.05, 0) is 103 Å². The maximum atomic E-state index is 13.5. The first-order valence-corrected chi connectivity index (χ1v) is 38.3. The number of aliphatic hydroxyl groups excluding tert-OH is 11. The summed E-state index contributed by atoms with van der Waals surface area (Å²) in [7, 11) is 0. The Bertz CT molecular complexity index is 2260. The number of aliphatic hydroxyl groups is 11. The number of amides is 1. The summed E-state index contributed by atoms with van der Waals surface area (Å²) in [5.41, 5.74) is 0. The minimum absolute atomic E-state index is 0.211. The zero-order valence-corrected chi connectivity index (χ0v) is 60.4. The molecule has 3 aliphatic rings. The molecule has 0 saturated carbocycles. The van der Waals surface area contributed by atoms with E-state index < -0.39 is 124 Å². The monoisotopic (exact) mass is 1400 g/mol. The highest BCUT2D eigenvalue weighted by atomic mass is 16.8. The summed E-state index contributed by atoms with van der Waals surface area (Å²) >= 11 is 0. The highest BCUT2D eigenvalue weighted by molar-refractivity contribution is 5.76. The predicted octanol–water partition coefficient (Wildman–Crippen LogP) is 11.9. The summed E-state index contributed by atoms with van der Waals surface area (Å²) in [5, 5.41) is 121. The van der Waals surface area contributed by atoms with Crippen molar-refractivity contribution in [2.45, 2.75) is 349 Å². The molecule has 0 aromatic carbocycles. The Morgan fingerprint density at radius 3 is 1.13 bits per heavy atom. The van der Waals surface area contributed by atoms with E-state index in [1.165, 1.54) is 96.3 Å². The third kappa shape index (κ3) is 40.2. The first kappa shape index (κ1) is 89.4. The lowest BCUT2D eigenvalue weighted by molar-refractivity contribution is -0.379. The van der Waals surface area contributed by atoms with Gasteiger partial charge in [0.05, 0.1) is 38.6 Å². The number of carbonyl (C=O) groups excluding carboxylic acids is 1. The summed E-state index contributed by atoms with van der Waals surface area (Å²) in [6.07, 6.45) is 56.0. The van der Waals surface area contributed by atoms with Crippen molar-refractivity contribution in [2.24, 2.45) is 0 Å². The van der Waals surface area contributed by atoms with Crippen molar-refractivity contribution in [1.82, 2.24) is 5.32 Å². The fraction of sp³-hybridized carbons (Fsp3) is 0.738. The van der Waals surface area contributed by atoms with E-state index in [9.17, 15) is 61.0 Å². The average Bonchev–Trinajstić information content (AvgIpc) is 0.785. The summed E-state index contributed by atoms with van der Waals surface area (Å²) in [4.78, 5) is 13.5. The molecule has 17 unspecified atom stereocenters. The SMILES string of the molecule is CC/C=C\C/C=C\C/C=C\C/C=C\C/C=C\C/C=C\C/C=C\CCCCCCCCCC(=O)NC(COC1OC(CO)C(OC2OC(CO)C(OC3OC(CO)C(O)C(O)C3O)C(O)C2O)C(O)C1O)C(O)/C=C/CC/C=C/CC/C=C/CCCCCCCCCCCCCCCCC. The van der Waals surface area contributed by atoms with Gasteiger partial charge >= 0.3 is 0 Å². The lowest BCUT2D eigenvalue weighted by Gasteiger charge is -2.48. The smallest absolute Gasteiger partial charge is 0.220 e. The average molecular weight is 1400 g/mol. The standard InChI is InChI=1S/C80H135NO18/c1-3-5-7-9-11-13-15-17-19-21-23-25-27-29-30-31-32-34-36-38-40-42-44-46-48-50-52-54-56-58-68(86)81-63(64(85)57-55-53-51-49-47-45-43-41-39-37-35-33-28-26-24-22-20-18-16-14-12-10-8-6-4-2)62-94-78-74(92)71(89)76(66(60-83)96-78)99-80-75(93)72(90)77(67(61-84)97-80)98-79-73(91)70(88)69(87)65(59-82)95-79/h5,7,11,13,17,19,23,25,29-30,32,34,38-41,47,49,55,57,63-67,69-80,82-85,87-93H,3-4,6,8-10,12,14-16,18,20-22,24,26-28,31,33,35-37,42-46,48,50-54,56,58-62H2,1-2H3,(H,81,86)/b7-5-,13-11-,19-17-,25-23-,30-29-,34-32-,40-38-,41-39+,49-47+,57-55+. The van der Waals surface area contributed by atoms with Gasteiger partial charge in [-0.15, -0.1) is 0 Å². The number of hydrogen-bond acceptors (Lipinski definition) is 18.